The van der Waals surface area contributed by atoms with Gasteiger partial charge in [0.05, 0.1) is 19.3 Å². The van der Waals surface area contributed by atoms with Crippen LogP contribution in [-0.2, 0) is 16.0 Å². The van der Waals surface area contributed by atoms with Crippen LogP contribution in [-0.4, -0.2) is 34.8 Å². The lowest BCUT2D eigenvalue weighted by molar-refractivity contribution is -0.140. The van der Waals surface area contributed by atoms with Gasteiger partial charge in [-0.2, -0.15) is 0 Å². The third-order valence-electron chi connectivity index (χ3n) is 6.68. The van der Waals surface area contributed by atoms with Crippen molar-refractivity contribution < 1.29 is 19.7 Å². The van der Waals surface area contributed by atoms with Gasteiger partial charge in [0.1, 0.15) is 0 Å². The summed E-state index contributed by atoms with van der Waals surface area (Å²) in [7, 11) is 1.42. The van der Waals surface area contributed by atoms with E-state index in [2.05, 4.69) is 4.74 Å². The van der Waals surface area contributed by atoms with Crippen LogP contribution in [0.1, 0.15) is 73.7 Å². The van der Waals surface area contributed by atoms with Crippen LogP contribution in [0.15, 0.2) is 54.6 Å². The molecule has 0 aromatic heterocycles. The first-order valence-electron chi connectivity index (χ1n) is 11.7. The molecule has 5 heteroatoms. The molecule has 0 spiro atoms. The molecule has 0 heterocycles. The summed E-state index contributed by atoms with van der Waals surface area (Å²) in [6.07, 6.45) is 5.55. The van der Waals surface area contributed by atoms with Crippen LogP contribution < -0.4 is 0 Å². The molecule has 1 saturated carbocycles. The zero-order valence-corrected chi connectivity index (χ0v) is 19.6. The summed E-state index contributed by atoms with van der Waals surface area (Å²) < 4.78 is 4.68. The third-order valence-corrected chi connectivity index (χ3v) is 7.18. The van der Waals surface area contributed by atoms with Crippen molar-refractivity contribution in [1.82, 2.24) is 0 Å². The first-order chi connectivity index (χ1) is 15.5. The van der Waals surface area contributed by atoms with Crippen LogP contribution in [0.5, 0.6) is 0 Å². The highest BCUT2D eigenvalue weighted by molar-refractivity contribution is 6.21. The molecule has 4 nitrogen and oxygen atoms in total. The van der Waals surface area contributed by atoms with Gasteiger partial charge in [-0.1, -0.05) is 73.9 Å². The summed E-state index contributed by atoms with van der Waals surface area (Å²) in [5.41, 5.74) is 3.08. The van der Waals surface area contributed by atoms with E-state index in [1.807, 2.05) is 54.6 Å². The van der Waals surface area contributed by atoms with Gasteiger partial charge in [-0.3, -0.25) is 4.79 Å². The summed E-state index contributed by atoms with van der Waals surface area (Å²) in [4.78, 5) is 11.2. The monoisotopic (exact) mass is 458 g/mol. The van der Waals surface area contributed by atoms with Crippen LogP contribution in [0.3, 0.4) is 0 Å². The van der Waals surface area contributed by atoms with Gasteiger partial charge < -0.3 is 14.9 Å². The summed E-state index contributed by atoms with van der Waals surface area (Å²) in [6.45, 7) is 0. The van der Waals surface area contributed by atoms with Crippen molar-refractivity contribution in [3.63, 3.8) is 0 Å². The molecule has 0 aliphatic heterocycles. The van der Waals surface area contributed by atoms with Crippen LogP contribution in [0.4, 0.5) is 0 Å². The minimum atomic E-state index is -0.554. The number of hydrogen-bond acceptors (Lipinski definition) is 4. The van der Waals surface area contributed by atoms with Gasteiger partial charge in [0.15, 0.2) is 0 Å². The molecule has 174 valence electrons. The molecular formula is C27H35ClO4. The largest absolute Gasteiger partial charge is 0.469 e. The van der Waals surface area contributed by atoms with Gasteiger partial charge in [0.2, 0.25) is 0 Å². The average Bonchev–Trinajstić information content (AvgIpc) is 3.09. The molecule has 0 radical (unpaired) electrons. The number of rotatable bonds is 11. The third kappa shape index (κ3) is 6.81. The van der Waals surface area contributed by atoms with E-state index in [9.17, 15) is 15.0 Å². The van der Waals surface area contributed by atoms with Crippen molar-refractivity contribution in [3.05, 3.63) is 71.3 Å². The van der Waals surface area contributed by atoms with Gasteiger partial charge in [-0.05, 0) is 41.9 Å². The number of ether oxygens (including phenoxy) is 1. The number of methoxy groups -OCH3 is 1. The average molecular weight is 459 g/mol. The van der Waals surface area contributed by atoms with Crippen molar-refractivity contribution in [1.29, 1.82) is 0 Å². The lowest BCUT2D eigenvalue weighted by atomic mass is 9.83. The molecule has 2 aromatic carbocycles. The fourth-order valence-corrected chi connectivity index (χ4v) is 5.36. The van der Waals surface area contributed by atoms with Crippen molar-refractivity contribution in [3.8, 4) is 0 Å². The van der Waals surface area contributed by atoms with E-state index in [4.69, 9.17) is 11.6 Å². The molecule has 0 amide bonds. The number of carbonyl (C=O) groups excluding carboxylic acids is 1. The van der Waals surface area contributed by atoms with Gasteiger partial charge in [-0.15, -0.1) is 11.6 Å². The van der Waals surface area contributed by atoms with Crippen molar-refractivity contribution in [2.24, 2.45) is 5.92 Å². The second-order valence-corrected chi connectivity index (χ2v) is 9.47. The number of halogens is 1. The van der Waals surface area contributed by atoms with Crippen molar-refractivity contribution >= 4 is 17.6 Å². The van der Waals surface area contributed by atoms with E-state index in [0.29, 0.717) is 19.3 Å². The SMILES string of the molecule is COC(=O)CCCCCC[C@@H]1[C@@H](c2ccc(C(O)Cc3ccccc3)cc2)[C@H](O)C[C@H]1Cl. The minimum absolute atomic E-state index is 0.0212. The number of esters is 1. The quantitative estimate of drug-likeness (QED) is 0.263. The van der Waals surface area contributed by atoms with E-state index >= 15 is 0 Å². The summed E-state index contributed by atoms with van der Waals surface area (Å²) in [5.74, 6) is 0.0994. The molecule has 1 aliphatic carbocycles. The van der Waals surface area contributed by atoms with Crippen LogP contribution in [0.2, 0.25) is 0 Å². The van der Waals surface area contributed by atoms with E-state index < -0.39 is 12.2 Å². The second-order valence-electron chi connectivity index (χ2n) is 8.91. The molecule has 2 aromatic rings. The van der Waals surface area contributed by atoms with E-state index in [0.717, 1.165) is 48.8 Å². The predicted molar refractivity (Wildman–Crippen MR) is 128 cm³/mol. The summed E-state index contributed by atoms with van der Waals surface area (Å²) in [6, 6.07) is 18.0. The lowest BCUT2D eigenvalue weighted by Crippen LogP contribution is -2.19. The normalized spacial score (nSPS) is 23.8. The van der Waals surface area contributed by atoms with Gasteiger partial charge in [0.25, 0.3) is 0 Å². The van der Waals surface area contributed by atoms with Gasteiger partial charge in [0, 0.05) is 24.1 Å². The number of hydrogen-bond donors (Lipinski definition) is 2. The Morgan fingerprint density at radius 3 is 2.44 bits per heavy atom. The van der Waals surface area contributed by atoms with E-state index in [-0.39, 0.29) is 23.2 Å². The Bertz CT molecular complexity index is 823. The predicted octanol–water partition coefficient (Wildman–Crippen LogP) is 5.55. The zero-order valence-electron chi connectivity index (χ0n) is 18.8. The maximum absolute atomic E-state index is 11.2. The zero-order chi connectivity index (χ0) is 22.9. The number of alkyl halides is 1. The van der Waals surface area contributed by atoms with Crippen LogP contribution in [0.25, 0.3) is 0 Å². The number of benzene rings is 2. The first kappa shape index (κ1) is 24.8. The molecule has 3 rings (SSSR count). The molecule has 5 atom stereocenters. The smallest absolute Gasteiger partial charge is 0.305 e. The molecule has 2 N–H and O–H groups in total. The maximum atomic E-state index is 11.2. The minimum Gasteiger partial charge on any atom is -0.469 e. The highest BCUT2D eigenvalue weighted by atomic mass is 35.5. The lowest BCUT2D eigenvalue weighted by Gasteiger charge is -2.24. The molecule has 32 heavy (non-hydrogen) atoms. The fraction of sp³-hybridized carbons (Fsp3) is 0.519. The Morgan fingerprint density at radius 1 is 1.06 bits per heavy atom. The Labute approximate surface area is 196 Å². The number of aliphatic hydroxyl groups is 2. The van der Waals surface area contributed by atoms with Crippen molar-refractivity contribution in [2.75, 3.05) is 7.11 Å². The van der Waals surface area contributed by atoms with Crippen LogP contribution in [0, 0.1) is 5.92 Å². The molecule has 0 bridgehead atoms. The number of carbonyl (C=O) groups is 1. The maximum Gasteiger partial charge on any atom is 0.305 e. The fourth-order valence-electron chi connectivity index (χ4n) is 4.89. The van der Waals surface area contributed by atoms with E-state index in [1.54, 1.807) is 0 Å². The standard InChI is InChI=1S/C27H35ClO4/c1-32-26(31)12-8-3-2-7-11-22-23(28)18-25(30)27(22)21-15-13-20(14-16-21)24(29)17-19-9-5-4-6-10-19/h4-6,9-10,13-16,22-25,27,29-30H,2-3,7-8,11-12,17-18H2,1H3/t22-,23+,24?,25+,27+/m0/s1. The topological polar surface area (TPSA) is 66.8 Å². The van der Waals surface area contributed by atoms with E-state index in [1.165, 1.54) is 7.11 Å². The number of unbranched alkanes of at least 4 members (excludes halogenated alkanes) is 3. The molecule has 0 saturated heterocycles. The highest BCUT2D eigenvalue weighted by Gasteiger charge is 2.41. The Balaban J connectivity index is 1.55. The van der Waals surface area contributed by atoms with Gasteiger partial charge in [-0.25, -0.2) is 0 Å². The highest BCUT2D eigenvalue weighted by Crippen LogP contribution is 2.45. The second kappa shape index (κ2) is 12.4. The summed E-state index contributed by atoms with van der Waals surface area (Å²) in [5, 5.41) is 21.3. The van der Waals surface area contributed by atoms with Gasteiger partial charge >= 0.3 is 5.97 Å². The molecular weight excluding hydrogens is 424 g/mol. The van der Waals surface area contributed by atoms with Crippen molar-refractivity contribution in [2.45, 2.75) is 74.9 Å². The molecule has 1 unspecified atom stereocenters. The number of aliphatic hydroxyl groups excluding tert-OH is 2. The molecule has 1 fully saturated rings. The Kier molecular flexibility index (Phi) is 9.58. The Morgan fingerprint density at radius 2 is 1.75 bits per heavy atom. The molecule has 1 aliphatic rings. The summed E-state index contributed by atoms with van der Waals surface area (Å²) >= 11 is 6.63. The Hall–Kier alpha value is -1.88. The first-order valence-corrected chi connectivity index (χ1v) is 12.1. The van der Waals surface area contributed by atoms with Crippen LogP contribution >= 0.6 is 11.6 Å².